The lowest BCUT2D eigenvalue weighted by Gasteiger charge is -2.63. The quantitative estimate of drug-likeness (QED) is 0.170. The largest absolute Gasteiger partial charge is 0.453 e. The van der Waals surface area contributed by atoms with E-state index in [4.69, 9.17) is 0 Å². The van der Waals surface area contributed by atoms with E-state index in [1.54, 1.807) is 0 Å². The zero-order valence-electron chi connectivity index (χ0n) is 24.2. The van der Waals surface area contributed by atoms with Crippen molar-refractivity contribution in [3.05, 3.63) is 11.6 Å². The Balaban J connectivity index is 1.23. The van der Waals surface area contributed by atoms with Crippen LogP contribution in [0.4, 0.5) is 22.0 Å². The molecule has 4 rings (SSSR count). The molecule has 0 aliphatic heterocycles. The average Bonchev–Trinajstić information content (AvgIpc) is 3.24. The smallest absolute Gasteiger partial charge is 0.295 e. The second-order valence-corrected chi connectivity index (χ2v) is 15.4. The minimum absolute atomic E-state index is 0.112. The van der Waals surface area contributed by atoms with Gasteiger partial charge in [-0.25, -0.2) is 0 Å². The molecular formula is C32H49F5OS. The number of carbonyl (C=O) groups is 1. The molecular weight excluding hydrogens is 527 g/mol. The van der Waals surface area contributed by atoms with Gasteiger partial charge in [0.25, 0.3) is 0 Å². The maximum absolute atomic E-state index is 13.0. The van der Waals surface area contributed by atoms with Gasteiger partial charge in [-0.3, -0.25) is 4.79 Å². The number of halogens is 5. The van der Waals surface area contributed by atoms with Crippen molar-refractivity contribution in [1.29, 1.82) is 0 Å². The zero-order valence-corrected chi connectivity index (χ0v) is 25.1. The molecule has 3 saturated carbocycles. The molecule has 0 spiro atoms. The van der Waals surface area contributed by atoms with Gasteiger partial charge >= 0.3 is 12.1 Å². The van der Waals surface area contributed by atoms with Gasteiger partial charge in [0.1, 0.15) is 0 Å². The Kier molecular flexibility index (Phi) is 9.61. The van der Waals surface area contributed by atoms with Crippen LogP contribution in [-0.4, -0.2) is 29.4 Å². The van der Waals surface area contributed by atoms with E-state index in [1.165, 1.54) is 68.7 Å². The SMILES string of the molecule is CC1(CCCCCCCSCCCC(F)(F)C(F)(F)F)CC2=CC(=O)CC[C@]2(C)[C@@H]2CC[C@]3(C)CCC[C@H]3[C@@H]21. The zero-order chi connectivity index (χ0) is 28.5. The summed E-state index contributed by atoms with van der Waals surface area (Å²) in [6, 6.07) is 0. The molecule has 39 heavy (non-hydrogen) atoms. The van der Waals surface area contributed by atoms with Crippen molar-refractivity contribution < 1.29 is 26.7 Å². The molecule has 0 aromatic heterocycles. The third-order valence-electron chi connectivity index (χ3n) is 11.5. The molecule has 0 heterocycles. The molecule has 0 aromatic rings. The normalized spacial score (nSPS) is 36.8. The van der Waals surface area contributed by atoms with Crippen LogP contribution in [0.5, 0.6) is 0 Å². The van der Waals surface area contributed by atoms with Gasteiger partial charge in [0, 0.05) is 12.8 Å². The van der Waals surface area contributed by atoms with Gasteiger partial charge in [-0.15, -0.1) is 0 Å². The molecule has 0 N–H and O–H groups in total. The number of unbranched alkanes of at least 4 members (excludes halogenated alkanes) is 4. The standard InChI is InChI=1S/C32H49F5OS/c1-28-15-9-11-25(28)27-26(13-17-28)30(3)18-12-24(38)21-23(30)22-29(27,2)14-7-5-4-6-8-19-39-20-10-16-31(33,34)32(35,36)37/h21,25-27H,4-20,22H2,1-3H3/t25-,26+,27-,28-,29?,30-/m0/s1. The summed E-state index contributed by atoms with van der Waals surface area (Å²) < 4.78 is 62.7. The van der Waals surface area contributed by atoms with Crippen molar-refractivity contribution >= 4 is 17.5 Å². The number of rotatable bonds is 12. The lowest BCUT2D eigenvalue weighted by atomic mass is 9.41. The summed E-state index contributed by atoms with van der Waals surface area (Å²) in [6.45, 7) is 7.56. The van der Waals surface area contributed by atoms with Crippen molar-refractivity contribution in [2.24, 2.45) is 34.0 Å². The Bertz CT molecular complexity index is 899. The van der Waals surface area contributed by atoms with Crippen molar-refractivity contribution in [2.75, 3.05) is 11.5 Å². The number of hydrogen-bond donors (Lipinski definition) is 0. The van der Waals surface area contributed by atoms with Crippen molar-refractivity contribution in [3.8, 4) is 0 Å². The summed E-state index contributed by atoms with van der Waals surface area (Å²) in [7, 11) is 0. The second kappa shape index (κ2) is 12.0. The maximum Gasteiger partial charge on any atom is 0.453 e. The molecule has 0 aromatic carbocycles. The number of ketones is 1. The Labute approximate surface area is 236 Å². The van der Waals surface area contributed by atoms with Gasteiger partial charge in [-0.05, 0) is 109 Å². The van der Waals surface area contributed by atoms with E-state index in [-0.39, 0.29) is 17.3 Å². The number of alkyl halides is 5. The van der Waals surface area contributed by atoms with Crippen LogP contribution < -0.4 is 0 Å². The number of thioether (sulfide) groups is 1. The molecule has 1 unspecified atom stereocenters. The Morgan fingerprint density at radius 2 is 1.56 bits per heavy atom. The predicted molar refractivity (Wildman–Crippen MR) is 150 cm³/mol. The highest BCUT2D eigenvalue weighted by Crippen LogP contribution is 2.70. The second-order valence-electron chi connectivity index (χ2n) is 14.1. The van der Waals surface area contributed by atoms with Crippen molar-refractivity contribution in [3.63, 3.8) is 0 Å². The third-order valence-corrected chi connectivity index (χ3v) is 12.6. The summed E-state index contributed by atoms with van der Waals surface area (Å²) in [5.74, 6) is -0.834. The van der Waals surface area contributed by atoms with Crippen molar-refractivity contribution in [2.45, 2.75) is 136 Å². The first-order chi connectivity index (χ1) is 18.2. The molecule has 0 bridgehead atoms. The number of fused-ring (bicyclic) bond motifs is 5. The van der Waals surface area contributed by atoms with Gasteiger partial charge in [-0.1, -0.05) is 58.4 Å². The van der Waals surface area contributed by atoms with Crippen LogP contribution in [0, 0.1) is 34.0 Å². The lowest BCUT2D eigenvalue weighted by Crippen LogP contribution is -2.56. The van der Waals surface area contributed by atoms with Gasteiger partial charge < -0.3 is 0 Å². The minimum atomic E-state index is -5.44. The van der Waals surface area contributed by atoms with Crippen molar-refractivity contribution in [1.82, 2.24) is 0 Å². The minimum Gasteiger partial charge on any atom is -0.295 e. The van der Waals surface area contributed by atoms with E-state index in [1.807, 2.05) is 6.08 Å². The molecule has 0 amide bonds. The summed E-state index contributed by atoms with van der Waals surface area (Å²) in [4.78, 5) is 12.4. The molecule has 3 fully saturated rings. The van der Waals surface area contributed by atoms with Crippen LogP contribution in [0.2, 0.25) is 0 Å². The average molecular weight is 577 g/mol. The first-order valence-electron chi connectivity index (χ1n) is 15.5. The Hall–Kier alpha value is -0.590. The Morgan fingerprint density at radius 3 is 2.31 bits per heavy atom. The highest BCUT2D eigenvalue weighted by Gasteiger charge is 2.62. The fourth-order valence-corrected chi connectivity index (χ4v) is 10.1. The van der Waals surface area contributed by atoms with Crippen LogP contribution in [0.3, 0.4) is 0 Å². The van der Waals surface area contributed by atoms with E-state index in [0.29, 0.717) is 29.3 Å². The third kappa shape index (κ3) is 6.58. The van der Waals surface area contributed by atoms with Crippen LogP contribution in [-0.2, 0) is 4.79 Å². The van der Waals surface area contributed by atoms with E-state index < -0.39 is 18.5 Å². The fourth-order valence-electron chi connectivity index (χ4n) is 9.18. The first kappa shape index (κ1) is 31.3. The molecule has 7 heteroatoms. The maximum atomic E-state index is 13.0. The topological polar surface area (TPSA) is 17.1 Å². The number of allylic oxidation sites excluding steroid dienone is 1. The Morgan fingerprint density at radius 1 is 0.872 bits per heavy atom. The number of hydrogen-bond acceptors (Lipinski definition) is 2. The molecule has 4 aliphatic rings. The van der Waals surface area contributed by atoms with E-state index in [2.05, 4.69) is 20.8 Å². The first-order valence-corrected chi connectivity index (χ1v) is 16.6. The molecule has 6 atom stereocenters. The van der Waals surface area contributed by atoms with Crippen LogP contribution in [0.1, 0.15) is 124 Å². The molecule has 0 saturated heterocycles. The van der Waals surface area contributed by atoms with E-state index >= 15 is 0 Å². The summed E-state index contributed by atoms with van der Waals surface area (Å²) in [6.07, 6.45) is 11.7. The lowest BCUT2D eigenvalue weighted by molar-refractivity contribution is -0.284. The van der Waals surface area contributed by atoms with Crippen LogP contribution in [0.25, 0.3) is 0 Å². The van der Waals surface area contributed by atoms with Gasteiger partial charge in [0.2, 0.25) is 0 Å². The molecule has 224 valence electrons. The summed E-state index contributed by atoms with van der Waals surface area (Å²) >= 11 is 1.49. The fraction of sp³-hybridized carbons (Fsp3) is 0.906. The molecule has 4 aliphatic carbocycles. The molecule has 1 nitrogen and oxygen atoms in total. The summed E-state index contributed by atoms with van der Waals surface area (Å²) in [5.41, 5.74) is 2.38. The van der Waals surface area contributed by atoms with Gasteiger partial charge in [0.15, 0.2) is 5.78 Å². The van der Waals surface area contributed by atoms with Crippen LogP contribution >= 0.6 is 11.8 Å². The van der Waals surface area contributed by atoms with E-state index in [9.17, 15) is 26.7 Å². The predicted octanol–water partition coefficient (Wildman–Crippen LogP) is 10.6. The van der Waals surface area contributed by atoms with Gasteiger partial charge in [-0.2, -0.15) is 33.7 Å². The highest BCUT2D eigenvalue weighted by atomic mass is 32.2. The number of carbonyl (C=O) groups excluding carboxylic acids is 1. The van der Waals surface area contributed by atoms with E-state index in [0.717, 1.165) is 49.7 Å². The van der Waals surface area contributed by atoms with Crippen LogP contribution in [0.15, 0.2) is 11.6 Å². The highest BCUT2D eigenvalue weighted by molar-refractivity contribution is 7.99. The molecule has 0 radical (unpaired) electrons. The summed E-state index contributed by atoms with van der Waals surface area (Å²) in [5, 5.41) is 0. The monoisotopic (exact) mass is 576 g/mol. The van der Waals surface area contributed by atoms with Gasteiger partial charge in [0.05, 0.1) is 0 Å².